The zero-order chi connectivity index (χ0) is 26.7. The Kier molecular flexibility index (Phi) is 11.7. The smallest absolute Gasteiger partial charge is 0.410 e. The third kappa shape index (κ3) is 11.0. The van der Waals surface area contributed by atoms with Crippen molar-refractivity contribution < 1.29 is 24.2 Å². The zero-order valence-corrected chi connectivity index (χ0v) is 23.1. The Bertz CT molecular complexity index is 797. The van der Waals surface area contributed by atoms with Crippen molar-refractivity contribution in [2.24, 2.45) is 0 Å². The van der Waals surface area contributed by atoms with Gasteiger partial charge in [-0.25, -0.2) is 4.79 Å². The molecule has 3 aliphatic rings. The number of ether oxygens (including phenoxy) is 2. The van der Waals surface area contributed by atoms with Crippen LogP contribution in [0.2, 0.25) is 0 Å². The minimum Gasteiger partial charge on any atom is -0.481 e. The Balaban J connectivity index is 0.000000244. The molecule has 2 aliphatic carbocycles. The van der Waals surface area contributed by atoms with Crippen molar-refractivity contribution in [1.29, 1.82) is 0 Å². The summed E-state index contributed by atoms with van der Waals surface area (Å²) in [7, 11) is 0. The molecule has 1 amide bonds. The summed E-state index contributed by atoms with van der Waals surface area (Å²) in [6.07, 6.45) is 14.3. The van der Waals surface area contributed by atoms with Crippen molar-refractivity contribution in [3.63, 3.8) is 0 Å². The van der Waals surface area contributed by atoms with Crippen LogP contribution < -0.4 is 5.32 Å². The van der Waals surface area contributed by atoms with Gasteiger partial charge in [-0.15, -0.1) is 0 Å². The van der Waals surface area contributed by atoms with Crippen molar-refractivity contribution >= 4 is 12.1 Å². The van der Waals surface area contributed by atoms with E-state index < -0.39 is 23.7 Å². The molecular formula is C30H48N2O5. The standard InChI is InChI=1S/C18H25NO5.C12H23N/c1-18(2,3)24-17(22)19-11-15(9-14(19)10-16(20)21)23-12-13-7-5-4-6-8-13;1-3-7-11(8-4-1)13-12-9-5-2-6-10-12/h4-8,14-15H,9-12H2,1-3H3,(H,20,21);11-13H,1-10H2/t14-,15?;/m0./s1. The maximum atomic E-state index is 12.3. The summed E-state index contributed by atoms with van der Waals surface area (Å²) in [4.78, 5) is 24.9. The lowest BCUT2D eigenvalue weighted by Gasteiger charge is -2.30. The number of nitrogens with one attached hydrogen (secondary N) is 1. The molecule has 7 heteroatoms. The van der Waals surface area contributed by atoms with Crippen LogP contribution in [-0.2, 0) is 20.9 Å². The van der Waals surface area contributed by atoms with Crippen LogP contribution in [0.25, 0.3) is 0 Å². The third-order valence-corrected chi connectivity index (χ3v) is 7.42. The molecule has 0 bridgehead atoms. The number of nitrogens with zero attached hydrogens (tertiary/aromatic N) is 1. The highest BCUT2D eigenvalue weighted by Gasteiger charge is 2.39. The molecule has 1 unspecified atom stereocenters. The Morgan fingerprint density at radius 3 is 2.03 bits per heavy atom. The Morgan fingerprint density at radius 2 is 1.51 bits per heavy atom. The molecule has 3 fully saturated rings. The Labute approximate surface area is 223 Å². The first-order valence-electron chi connectivity index (χ1n) is 14.3. The first-order chi connectivity index (χ1) is 17.7. The monoisotopic (exact) mass is 516 g/mol. The molecule has 2 N–H and O–H groups in total. The summed E-state index contributed by atoms with van der Waals surface area (Å²) in [5, 5.41) is 12.9. The minimum absolute atomic E-state index is 0.107. The first kappa shape index (κ1) is 29.4. The number of hydrogen-bond acceptors (Lipinski definition) is 5. The van der Waals surface area contributed by atoms with E-state index in [1.165, 1.54) is 69.1 Å². The van der Waals surface area contributed by atoms with Crippen molar-refractivity contribution in [1.82, 2.24) is 10.2 Å². The van der Waals surface area contributed by atoms with Gasteiger partial charge < -0.3 is 24.8 Å². The van der Waals surface area contributed by atoms with E-state index in [-0.39, 0.29) is 12.5 Å². The van der Waals surface area contributed by atoms with Gasteiger partial charge in [0.15, 0.2) is 0 Å². The Morgan fingerprint density at radius 1 is 0.946 bits per heavy atom. The van der Waals surface area contributed by atoms with Gasteiger partial charge in [0.1, 0.15) is 5.60 Å². The van der Waals surface area contributed by atoms with Crippen LogP contribution in [0.1, 0.15) is 103 Å². The van der Waals surface area contributed by atoms with Crippen LogP contribution >= 0.6 is 0 Å². The number of carbonyl (C=O) groups is 2. The highest BCUT2D eigenvalue weighted by molar-refractivity contribution is 5.72. The number of carboxylic acids is 1. The van der Waals surface area contributed by atoms with E-state index in [2.05, 4.69) is 5.32 Å². The lowest BCUT2D eigenvalue weighted by molar-refractivity contribution is -0.138. The van der Waals surface area contributed by atoms with Crippen LogP contribution in [0.5, 0.6) is 0 Å². The molecule has 0 radical (unpaired) electrons. The molecule has 1 saturated heterocycles. The van der Waals surface area contributed by atoms with E-state index in [1.807, 2.05) is 30.3 Å². The predicted octanol–water partition coefficient (Wildman–Crippen LogP) is 6.30. The van der Waals surface area contributed by atoms with Gasteiger partial charge in [-0.1, -0.05) is 68.9 Å². The minimum atomic E-state index is -0.933. The van der Waals surface area contributed by atoms with Crippen molar-refractivity contribution in [3.8, 4) is 0 Å². The van der Waals surface area contributed by atoms with Crippen LogP contribution in [-0.4, -0.2) is 58.4 Å². The number of carboxylic acid groups (broad SMARTS) is 1. The van der Waals surface area contributed by atoms with Gasteiger partial charge in [0.25, 0.3) is 0 Å². The second-order valence-electron chi connectivity index (χ2n) is 11.9. The maximum absolute atomic E-state index is 12.3. The van der Waals surface area contributed by atoms with Crippen LogP contribution in [0.3, 0.4) is 0 Å². The molecule has 1 aliphatic heterocycles. The summed E-state index contributed by atoms with van der Waals surface area (Å²) >= 11 is 0. The molecule has 2 atom stereocenters. The SMILES string of the molecule is C1CCC(NC2CCCCC2)CC1.CC(C)(C)OC(=O)N1CC(OCc2ccccc2)C[C@H]1CC(=O)O. The van der Waals surface area contributed by atoms with E-state index in [1.54, 1.807) is 20.8 Å². The van der Waals surface area contributed by atoms with Crippen molar-refractivity contribution in [2.75, 3.05) is 6.54 Å². The fourth-order valence-electron chi connectivity index (χ4n) is 5.59. The highest BCUT2D eigenvalue weighted by atomic mass is 16.6. The average Bonchev–Trinajstić information content (AvgIpc) is 3.26. The summed E-state index contributed by atoms with van der Waals surface area (Å²) in [6.45, 7) is 6.15. The van der Waals surface area contributed by atoms with Gasteiger partial charge >= 0.3 is 12.1 Å². The number of likely N-dealkylation sites (tertiary alicyclic amines) is 1. The fraction of sp³-hybridized carbons (Fsp3) is 0.733. The second-order valence-corrected chi connectivity index (χ2v) is 11.9. The number of amides is 1. The van der Waals surface area contributed by atoms with Crippen molar-refractivity contribution in [2.45, 2.75) is 134 Å². The quantitative estimate of drug-likeness (QED) is 0.442. The lowest BCUT2D eigenvalue weighted by atomic mass is 9.91. The van der Waals surface area contributed by atoms with Gasteiger partial charge in [0.05, 0.1) is 25.7 Å². The van der Waals surface area contributed by atoms with E-state index >= 15 is 0 Å². The topological polar surface area (TPSA) is 88.1 Å². The van der Waals surface area contributed by atoms with Gasteiger partial charge in [0, 0.05) is 18.1 Å². The number of aliphatic carboxylic acids is 1. The zero-order valence-electron chi connectivity index (χ0n) is 23.1. The normalized spacial score (nSPS) is 23.3. The second kappa shape index (κ2) is 14.7. The molecule has 208 valence electrons. The summed E-state index contributed by atoms with van der Waals surface area (Å²) in [5.74, 6) is -0.933. The maximum Gasteiger partial charge on any atom is 0.410 e. The first-order valence-corrected chi connectivity index (χ1v) is 14.3. The number of carbonyl (C=O) groups excluding carboxylic acids is 1. The molecule has 2 saturated carbocycles. The summed E-state index contributed by atoms with van der Waals surface area (Å²) in [6, 6.07) is 11.1. The molecule has 0 spiro atoms. The average molecular weight is 517 g/mol. The fourth-order valence-corrected chi connectivity index (χ4v) is 5.59. The van der Waals surface area contributed by atoms with Gasteiger partial charge in [0.2, 0.25) is 0 Å². The molecule has 37 heavy (non-hydrogen) atoms. The lowest BCUT2D eigenvalue weighted by Crippen LogP contribution is -2.41. The van der Waals surface area contributed by atoms with Crippen LogP contribution in [0, 0.1) is 0 Å². The molecule has 0 aromatic heterocycles. The van der Waals surface area contributed by atoms with Crippen molar-refractivity contribution in [3.05, 3.63) is 35.9 Å². The molecule has 1 heterocycles. The molecule has 4 rings (SSSR count). The molecule has 7 nitrogen and oxygen atoms in total. The third-order valence-electron chi connectivity index (χ3n) is 7.42. The van der Waals surface area contributed by atoms with Crippen LogP contribution in [0.4, 0.5) is 4.79 Å². The predicted molar refractivity (Wildman–Crippen MR) is 145 cm³/mol. The van der Waals surface area contributed by atoms with E-state index in [0.717, 1.165) is 17.6 Å². The molecular weight excluding hydrogens is 468 g/mol. The van der Waals surface area contributed by atoms with Gasteiger partial charge in [-0.2, -0.15) is 0 Å². The molecule has 1 aromatic carbocycles. The van der Waals surface area contributed by atoms with E-state index in [4.69, 9.17) is 14.6 Å². The summed E-state index contributed by atoms with van der Waals surface area (Å²) in [5.41, 5.74) is 0.427. The van der Waals surface area contributed by atoms with Gasteiger partial charge in [-0.3, -0.25) is 4.79 Å². The summed E-state index contributed by atoms with van der Waals surface area (Å²) < 4.78 is 11.3. The van der Waals surface area contributed by atoms with E-state index in [9.17, 15) is 9.59 Å². The van der Waals surface area contributed by atoms with Gasteiger partial charge in [-0.05, 0) is 58.4 Å². The Hall–Kier alpha value is -2.12. The van der Waals surface area contributed by atoms with Crippen LogP contribution in [0.15, 0.2) is 30.3 Å². The largest absolute Gasteiger partial charge is 0.481 e. The highest BCUT2D eigenvalue weighted by Crippen LogP contribution is 2.26. The number of rotatable bonds is 7. The molecule has 1 aromatic rings. The number of benzene rings is 1. The van der Waals surface area contributed by atoms with E-state index in [0.29, 0.717) is 19.6 Å². The number of hydrogen-bond donors (Lipinski definition) is 2.